The Morgan fingerprint density at radius 2 is 2.12 bits per heavy atom. The largest absolute Gasteiger partial charge is 0.279 e. The summed E-state index contributed by atoms with van der Waals surface area (Å²) in [6.45, 7) is 6.10. The Hall–Kier alpha value is -2.38. The number of rotatable bonds is 6. The first-order chi connectivity index (χ1) is 11.7. The van der Waals surface area contributed by atoms with Crippen LogP contribution in [-0.2, 0) is 6.42 Å². The number of aryl methyl sites for hydroxylation is 1. The summed E-state index contributed by atoms with van der Waals surface area (Å²) in [6, 6.07) is 9.91. The molecule has 0 saturated heterocycles. The van der Waals surface area contributed by atoms with Crippen LogP contribution in [0.1, 0.15) is 22.3 Å². The fraction of sp³-hybridized carbons (Fsp3) is 0.176. The van der Waals surface area contributed by atoms with Crippen molar-refractivity contribution in [1.82, 2.24) is 14.6 Å². The lowest BCUT2D eigenvalue weighted by atomic mass is 10.2. The third-order valence-corrected chi connectivity index (χ3v) is 5.05. The van der Waals surface area contributed by atoms with E-state index >= 15 is 0 Å². The van der Waals surface area contributed by atoms with Gasteiger partial charge in [0.05, 0.1) is 11.4 Å². The van der Waals surface area contributed by atoms with Crippen molar-refractivity contribution in [3.05, 3.63) is 58.9 Å². The molecule has 0 aliphatic heterocycles. The number of amides is 1. The Labute approximate surface area is 148 Å². The molecule has 7 heteroatoms. The van der Waals surface area contributed by atoms with Gasteiger partial charge < -0.3 is 0 Å². The number of thiazole rings is 1. The number of anilines is 1. The lowest BCUT2D eigenvalue weighted by molar-refractivity contribution is 0.0992. The molecule has 0 fully saturated rings. The lowest BCUT2D eigenvalue weighted by Gasteiger charge is -2.17. The Balaban J connectivity index is 1.93. The predicted molar refractivity (Wildman–Crippen MR) is 98.7 cm³/mol. The molecule has 0 spiro atoms. The Kier molecular flexibility index (Phi) is 5.12. The van der Waals surface area contributed by atoms with Gasteiger partial charge in [0.1, 0.15) is 4.88 Å². The van der Waals surface area contributed by atoms with E-state index in [1.165, 1.54) is 11.3 Å². The molecule has 2 heterocycles. The molecule has 0 aliphatic rings. The van der Waals surface area contributed by atoms with E-state index in [-0.39, 0.29) is 5.91 Å². The number of carbonyl (C=O) groups excluding carboxylic acids is 1. The fourth-order valence-corrected chi connectivity index (χ4v) is 3.77. The van der Waals surface area contributed by atoms with Crippen molar-refractivity contribution in [3.63, 3.8) is 0 Å². The number of hydrogen-bond acceptors (Lipinski definition) is 6. The summed E-state index contributed by atoms with van der Waals surface area (Å²) in [5.41, 5.74) is 2.61. The predicted octanol–water partition coefficient (Wildman–Crippen LogP) is 4.06. The molecule has 24 heavy (non-hydrogen) atoms. The maximum atomic E-state index is 12.9. The molecule has 0 atom stereocenters. The van der Waals surface area contributed by atoms with Crippen molar-refractivity contribution in [2.24, 2.45) is 0 Å². The van der Waals surface area contributed by atoms with Crippen LogP contribution in [0.2, 0.25) is 0 Å². The lowest BCUT2D eigenvalue weighted by Crippen LogP contribution is -2.31. The second-order valence-electron chi connectivity index (χ2n) is 4.99. The van der Waals surface area contributed by atoms with Gasteiger partial charge in [0, 0.05) is 17.5 Å². The maximum Gasteiger partial charge on any atom is 0.274 e. The summed E-state index contributed by atoms with van der Waals surface area (Å²) in [5, 5.41) is 6.63. The van der Waals surface area contributed by atoms with Crippen LogP contribution >= 0.6 is 22.9 Å². The minimum atomic E-state index is -0.129. The molecule has 0 saturated carbocycles. The van der Waals surface area contributed by atoms with Gasteiger partial charge >= 0.3 is 0 Å². The van der Waals surface area contributed by atoms with E-state index in [0.717, 1.165) is 28.5 Å². The Bertz CT molecular complexity index is 841. The summed E-state index contributed by atoms with van der Waals surface area (Å²) in [4.78, 5) is 19.7. The van der Waals surface area contributed by atoms with Gasteiger partial charge in [-0.05, 0) is 18.0 Å². The first-order valence-corrected chi connectivity index (χ1v) is 9.14. The molecule has 0 N–H and O–H groups in total. The van der Waals surface area contributed by atoms with Crippen LogP contribution in [0.15, 0.2) is 48.4 Å². The van der Waals surface area contributed by atoms with Crippen molar-refractivity contribution in [1.29, 1.82) is 0 Å². The van der Waals surface area contributed by atoms with Crippen molar-refractivity contribution in [2.45, 2.75) is 13.3 Å². The van der Waals surface area contributed by atoms with Crippen LogP contribution in [0.4, 0.5) is 5.13 Å². The van der Waals surface area contributed by atoms with E-state index in [2.05, 4.69) is 21.1 Å². The zero-order valence-electron chi connectivity index (χ0n) is 13.2. The summed E-state index contributed by atoms with van der Waals surface area (Å²) in [7, 11) is 0. The zero-order valence-corrected chi connectivity index (χ0v) is 14.8. The zero-order chi connectivity index (χ0) is 16.9. The molecule has 1 amide bonds. The molecular weight excluding hydrogens is 340 g/mol. The van der Waals surface area contributed by atoms with Crippen LogP contribution in [0, 0.1) is 0 Å². The van der Waals surface area contributed by atoms with Gasteiger partial charge in [-0.15, -0.1) is 23.0 Å². The SMILES string of the molecule is C=CCN(C(=O)c1snnc1CC)c1nc(-c2ccccc2)cs1. The maximum absolute atomic E-state index is 12.9. The fourth-order valence-electron chi connectivity index (χ4n) is 2.23. The molecule has 1 aromatic carbocycles. The van der Waals surface area contributed by atoms with E-state index in [0.29, 0.717) is 23.0 Å². The molecule has 5 nitrogen and oxygen atoms in total. The van der Waals surface area contributed by atoms with E-state index < -0.39 is 0 Å². The van der Waals surface area contributed by atoms with Gasteiger partial charge in [-0.1, -0.05) is 47.8 Å². The second kappa shape index (κ2) is 7.46. The highest BCUT2D eigenvalue weighted by Crippen LogP contribution is 2.29. The first-order valence-electron chi connectivity index (χ1n) is 7.49. The normalized spacial score (nSPS) is 10.5. The Morgan fingerprint density at radius 3 is 2.83 bits per heavy atom. The molecule has 0 radical (unpaired) electrons. The summed E-state index contributed by atoms with van der Waals surface area (Å²) in [5.74, 6) is -0.129. The van der Waals surface area contributed by atoms with Gasteiger partial charge in [0.25, 0.3) is 5.91 Å². The van der Waals surface area contributed by atoms with E-state index in [1.807, 2.05) is 42.6 Å². The summed E-state index contributed by atoms with van der Waals surface area (Å²) >= 11 is 2.57. The third-order valence-electron chi connectivity index (χ3n) is 3.43. The van der Waals surface area contributed by atoms with E-state index in [9.17, 15) is 4.79 Å². The van der Waals surface area contributed by atoms with E-state index in [4.69, 9.17) is 0 Å². The van der Waals surface area contributed by atoms with Crippen LogP contribution in [-0.4, -0.2) is 27.0 Å². The van der Waals surface area contributed by atoms with Crippen molar-refractivity contribution in [2.75, 3.05) is 11.4 Å². The van der Waals surface area contributed by atoms with Gasteiger partial charge in [-0.3, -0.25) is 9.69 Å². The van der Waals surface area contributed by atoms with Crippen LogP contribution in [0.25, 0.3) is 11.3 Å². The highest BCUT2D eigenvalue weighted by atomic mass is 32.1. The van der Waals surface area contributed by atoms with Gasteiger partial charge in [0.15, 0.2) is 5.13 Å². The van der Waals surface area contributed by atoms with Crippen LogP contribution in [0.3, 0.4) is 0 Å². The first kappa shape index (κ1) is 16.5. The smallest absolute Gasteiger partial charge is 0.274 e. The number of carbonyl (C=O) groups is 1. The van der Waals surface area contributed by atoms with Crippen LogP contribution in [0.5, 0.6) is 0 Å². The second-order valence-corrected chi connectivity index (χ2v) is 6.58. The van der Waals surface area contributed by atoms with Crippen molar-refractivity contribution < 1.29 is 4.79 Å². The number of aromatic nitrogens is 3. The van der Waals surface area contributed by atoms with Gasteiger partial charge in [0.2, 0.25) is 0 Å². The average Bonchev–Trinajstić information content (AvgIpc) is 3.29. The number of benzene rings is 1. The minimum absolute atomic E-state index is 0.129. The average molecular weight is 356 g/mol. The molecule has 122 valence electrons. The third kappa shape index (κ3) is 3.27. The van der Waals surface area contributed by atoms with Gasteiger partial charge in [-0.25, -0.2) is 4.98 Å². The van der Waals surface area contributed by atoms with Crippen molar-refractivity contribution in [3.8, 4) is 11.3 Å². The quantitative estimate of drug-likeness (QED) is 0.625. The Morgan fingerprint density at radius 1 is 1.33 bits per heavy atom. The highest BCUT2D eigenvalue weighted by molar-refractivity contribution is 7.14. The number of hydrogen-bond donors (Lipinski definition) is 0. The standard InChI is InChI=1S/C17H16N4OS2/c1-3-10-21(16(22)15-13(4-2)19-20-24-15)17-18-14(11-23-17)12-8-6-5-7-9-12/h3,5-9,11H,1,4,10H2,2H3. The molecule has 2 aromatic heterocycles. The van der Waals surface area contributed by atoms with Gasteiger partial charge in [-0.2, -0.15) is 0 Å². The molecule has 0 aliphatic carbocycles. The highest BCUT2D eigenvalue weighted by Gasteiger charge is 2.24. The minimum Gasteiger partial charge on any atom is -0.279 e. The number of nitrogens with zero attached hydrogens (tertiary/aromatic N) is 4. The monoisotopic (exact) mass is 356 g/mol. The summed E-state index contributed by atoms with van der Waals surface area (Å²) in [6.07, 6.45) is 2.37. The molecule has 0 bridgehead atoms. The molecule has 3 aromatic rings. The summed E-state index contributed by atoms with van der Waals surface area (Å²) < 4.78 is 3.90. The molecular formula is C17H16N4OS2. The van der Waals surface area contributed by atoms with E-state index in [1.54, 1.807) is 11.0 Å². The topological polar surface area (TPSA) is 59.0 Å². The molecule has 0 unspecified atom stereocenters. The molecule has 3 rings (SSSR count). The van der Waals surface area contributed by atoms with Crippen LogP contribution < -0.4 is 4.90 Å². The van der Waals surface area contributed by atoms with Crippen molar-refractivity contribution >= 4 is 33.9 Å².